The Balaban J connectivity index is 1.76. The molecule has 8 heteroatoms. The molecule has 4 rings (SSSR count). The summed E-state index contributed by atoms with van der Waals surface area (Å²) < 4.78 is 25.4. The first-order valence-electron chi connectivity index (χ1n) is 7.62. The van der Waals surface area contributed by atoms with Crippen molar-refractivity contribution in [1.29, 1.82) is 0 Å². The second-order valence-corrected chi connectivity index (χ2v) is 8.27. The lowest BCUT2D eigenvalue weighted by molar-refractivity contribution is 0.0778. The molecule has 0 aromatic carbocycles. The molecule has 0 spiro atoms. The second kappa shape index (κ2) is 5.04. The van der Waals surface area contributed by atoms with Crippen molar-refractivity contribution in [2.24, 2.45) is 11.8 Å². The number of aromatic nitrogens is 2. The molecule has 1 amide bonds. The third-order valence-electron chi connectivity index (χ3n) is 4.73. The summed E-state index contributed by atoms with van der Waals surface area (Å²) in [7, 11) is -3.51. The summed E-state index contributed by atoms with van der Waals surface area (Å²) in [4.78, 5) is 18.8. The highest BCUT2D eigenvalue weighted by atomic mass is 32.2. The number of fused-ring (bicyclic) bond motifs is 2. The lowest BCUT2D eigenvalue weighted by Gasteiger charge is -2.16. The van der Waals surface area contributed by atoms with Crippen molar-refractivity contribution in [3.05, 3.63) is 30.1 Å². The fourth-order valence-corrected chi connectivity index (χ4v) is 4.37. The SMILES string of the molecule is CS(=O)(=O)c1nc(C(=O)N2C[C@H]3CNC[C@H]3C2)c2ccccn12. The van der Waals surface area contributed by atoms with Crippen molar-refractivity contribution >= 4 is 21.3 Å². The number of hydrogen-bond donors (Lipinski definition) is 1. The van der Waals surface area contributed by atoms with Gasteiger partial charge >= 0.3 is 0 Å². The van der Waals surface area contributed by atoms with Gasteiger partial charge in [0.05, 0.1) is 5.52 Å². The van der Waals surface area contributed by atoms with Crippen molar-refractivity contribution in [2.45, 2.75) is 5.16 Å². The molecule has 0 radical (unpaired) electrons. The summed E-state index contributed by atoms with van der Waals surface area (Å²) in [5.74, 6) is 0.794. The van der Waals surface area contributed by atoms with Crippen LogP contribution in [0.15, 0.2) is 29.6 Å². The number of sulfone groups is 1. The predicted octanol–water partition coefficient (Wildman–Crippen LogP) is 0.0292. The number of hydrogen-bond acceptors (Lipinski definition) is 5. The van der Waals surface area contributed by atoms with Crippen molar-refractivity contribution in [3.8, 4) is 0 Å². The van der Waals surface area contributed by atoms with Gasteiger partial charge in [0, 0.05) is 38.6 Å². The number of likely N-dealkylation sites (tertiary alicyclic amines) is 1. The van der Waals surface area contributed by atoms with Crippen LogP contribution in [0.1, 0.15) is 10.5 Å². The van der Waals surface area contributed by atoms with Crippen LogP contribution in [0.5, 0.6) is 0 Å². The fraction of sp³-hybridized carbons (Fsp3) is 0.467. The number of pyridine rings is 1. The Morgan fingerprint density at radius 3 is 2.61 bits per heavy atom. The normalized spacial score (nSPS) is 24.3. The third kappa shape index (κ3) is 2.33. The highest BCUT2D eigenvalue weighted by Crippen LogP contribution is 2.28. The molecule has 2 aliphatic heterocycles. The van der Waals surface area contributed by atoms with E-state index in [0.29, 0.717) is 30.4 Å². The Morgan fingerprint density at radius 1 is 1.26 bits per heavy atom. The van der Waals surface area contributed by atoms with E-state index < -0.39 is 9.84 Å². The standard InChI is InChI=1S/C15H18N4O3S/c1-23(21,22)15-17-13(12-4-2-3-5-19(12)15)14(20)18-8-10-6-16-7-11(10)9-18/h2-5,10-11,16H,6-9H2,1H3/t10-,11+. The molecule has 1 N–H and O–H groups in total. The molecule has 0 bridgehead atoms. The lowest BCUT2D eigenvalue weighted by Crippen LogP contribution is -2.32. The van der Waals surface area contributed by atoms with Gasteiger partial charge in [-0.3, -0.25) is 9.20 Å². The monoisotopic (exact) mass is 334 g/mol. The molecule has 2 aromatic heterocycles. The van der Waals surface area contributed by atoms with Gasteiger partial charge in [-0.2, -0.15) is 0 Å². The number of carbonyl (C=O) groups excluding carboxylic acids is 1. The van der Waals surface area contributed by atoms with Crippen molar-refractivity contribution < 1.29 is 13.2 Å². The molecule has 2 saturated heterocycles. The minimum absolute atomic E-state index is 0.0856. The molecule has 2 aromatic rings. The molecule has 122 valence electrons. The first-order valence-corrected chi connectivity index (χ1v) is 9.51. The van der Waals surface area contributed by atoms with Gasteiger partial charge in [0.25, 0.3) is 5.91 Å². The van der Waals surface area contributed by atoms with Crippen LogP contribution in [-0.4, -0.2) is 61.0 Å². The lowest BCUT2D eigenvalue weighted by atomic mass is 10.0. The molecule has 0 unspecified atom stereocenters. The van der Waals surface area contributed by atoms with Crippen LogP contribution in [-0.2, 0) is 9.84 Å². The Kier molecular flexibility index (Phi) is 3.21. The molecular formula is C15H18N4O3S. The van der Waals surface area contributed by atoms with Gasteiger partial charge in [0.1, 0.15) is 0 Å². The van der Waals surface area contributed by atoms with E-state index in [1.807, 2.05) is 0 Å². The van der Waals surface area contributed by atoms with E-state index in [0.717, 1.165) is 19.3 Å². The molecular weight excluding hydrogens is 316 g/mol. The molecule has 2 aliphatic rings. The maximum Gasteiger partial charge on any atom is 0.274 e. The van der Waals surface area contributed by atoms with Crippen LogP contribution in [0.2, 0.25) is 0 Å². The Morgan fingerprint density at radius 2 is 1.96 bits per heavy atom. The second-order valence-electron chi connectivity index (χ2n) is 6.36. The maximum absolute atomic E-state index is 12.9. The number of carbonyl (C=O) groups is 1. The molecule has 7 nitrogen and oxygen atoms in total. The number of nitrogens with zero attached hydrogens (tertiary/aromatic N) is 3. The molecule has 4 heterocycles. The van der Waals surface area contributed by atoms with E-state index in [4.69, 9.17) is 0 Å². The van der Waals surface area contributed by atoms with E-state index in [1.165, 1.54) is 4.40 Å². The van der Waals surface area contributed by atoms with E-state index in [-0.39, 0.29) is 16.8 Å². The van der Waals surface area contributed by atoms with Gasteiger partial charge in [-0.25, -0.2) is 13.4 Å². The summed E-state index contributed by atoms with van der Waals surface area (Å²) in [5.41, 5.74) is 0.757. The molecule has 0 saturated carbocycles. The predicted molar refractivity (Wildman–Crippen MR) is 84.1 cm³/mol. The third-order valence-corrected chi connectivity index (χ3v) is 5.68. The number of amides is 1. The van der Waals surface area contributed by atoms with E-state index in [1.54, 1.807) is 29.3 Å². The van der Waals surface area contributed by atoms with Crippen LogP contribution in [0.25, 0.3) is 5.52 Å². The van der Waals surface area contributed by atoms with Gasteiger partial charge in [-0.1, -0.05) is 6.07 Å². The quantitative estimate of drug-likeness (QED) is 0.838. The number of imidazole rings is 1. The fourth-order valence-electron chi connectivity index (χ4n) is 3.60. The first-order chi connectivity index (χ1) is 10.9. The van der Waals surface area contributed by atoms with Crippen molar-refractivity contribution in [2.75, 3.05) is 32.4 Å². The van der Waals surface area contributed by atoms with E-state index >= 15 is 0 Å². The highest BCUT2D eigenvalue weighted by molar-refractivity contribution is 7.90. The topological polar surface area (TPSA) is 83.8 Å². The molecule has 23 heavy (non-hydrogen) atoms. The highest BCUT2D eigenvalue weighted by Gasteiger charge is 2.39. The van der Waals surface area contributed by atoms with Gasteiger partial charge in [-0.15, -0.1) is 0 Å². The Hall–Kier alpha value is -1.93. The van der Waals surface area contributed by atoms with Crippen LogP contribution in [0, 0.1) is 11.8 Å². The minimum Gasteiger partial charge on any atom is -0.337 e. The summed E-state index contributed by atoms with van der Waals surface area (Å²) in [5, 5.41) is 3.25. The van der Waals surface area contributed by atoms with Gasteiger partial charge in [0.15, 0.2) is 5.69 Å². The number of nitrogens with one attached hydrogen (secondary N) is 1. The minimum atomic E-state index is -3.51. The zero-order chi connectivity index (χ0) is 16.2. The Labute approximate surface area is 134 Å². The van der Waals surface area contributed by atoms with Gasteiger partial charge < -0.3 is 10.2 Å². The van der Waals surface area contributed by atoms with E-state index in [2.05, 4.69) is 10.3 Å². The average molecular weight is 334 g/mol. The van der Waals surface area contributed by atoms with Crippen LogP contribution >= 0.6 is 0 Å². The van der Waals surface area contributed by atoms with Crippen LogP contribution in [0.3, 0.4) is 0 Å². The smallest absolute Gasteiger partial charge is 0.274 e. The van der Waals surface area contributed by atoms with E-state index in [9.17, 15) is 13.2 Å². The zero-order valence-corrected chi connectivity index (χ0v) is 13.6. The largest absolute Gasteiger partial charge is 0.337 e. The average Bonchev–Trinajstić information content (AvgIpc) is 3.18. The van der Waals surface area contributed by atoms with Crippen molar-refractivity contribution in [3.63, 3.8) is 0 Å². The van der Waals surface area contributed by atoms with Crippen molar-refractivity contribution in [1.82, 2.24) is 19.6 Å². The summed E-state index contributed by atoms with van der Waals surface area (Å²) in [6, 6.07) is 5.24. The summed E-state index contributed by atoms with van der Waals surface area (Å²) in [6.07, 6.45) is 2.73. The molecule has 2 atom stereocenters. The summed E-state index contributed by atoms with van der Waals surface area (Å²) in [6.45, 7) is 3.28. The Bertz CT molecular complexity index is 877. The zero-order valence-electron chi connectivity index (χ0n) is 12.8. The first kappa shape index (κ1) is 14.6. The van der Waals surface area contributed by atoms with Crippen LogP contribution in [0.4, 0.5) is 0 Å². The van der Waals surface area contributed by atoms with Gasteiger partial charge in [-0.05, 0) is 24.0 Å². The van der Waals surface area contributed by atoms with Gasteiger partial charge in [0.2, 0.25) is 15.0 Å². The number of rotatable bonds is 2. The van der Waals surface area contributed by atoms with Crippen LogP contribution < -0.4 is 5.32 Å². The summed E-state index contributed by atoms with van der Waals surface area (Å²) >= 11 is 0. The molecule has 2 fully saturated rings. The maximum atomic E-state index is 12.9. The molecule has 0 aliphatic carbocycles.